The van der Waals surface area contributed by atoms with Crippen LogP contribution in [0.15, 0.2) is 0 Å². The fourth-order valence-corrected chi connectivity index (χ4v) is 4.64. The number of nitrogens with zero attached hydrogens (tertiary/aromatic N) is 2. The molecule has 5 nitrogen and oxygen atoms in total. The molecule has 132 valence electrons. The molecule has 3 fully saturated rings. The van der Waals surface area contributed by atoms with Gasteiger partial charge in [0, 0.05) is 24.7 Å². The first kappa shape index (κ1) is 17.0. The topological polar surface area (TPSA) is 47.6 Å². The van der Waals surface area contributed by atoms with E-state index in [-0.39, 0.29) is 6.03 Å². The lowest BCUT2D eigenvalue weighted by atomic mass is 9.82. The van der Waals surface area contributed by atoms with Crippen molar-refractivity contribution in [1.82, 2.24) is 20.4 Å². The van der Waals surface area contributed by atoms with Crippen molar-refractivity contribution in [1.29, 1.82) is 0 Å². The summed E-state index contributed by atoms with van der Waals surface area (Å²) in [4.78, 5) is 17.2. The van der Waals surface area contributed by atoms with Gasteiger partial charge in [0.2, 0.25) is 0 Å². The molecule has 3 aliphatic rings. The van der Waals surface area contributed by atoms with Gasteiger partial charge in [-0.1, -0.05) is 6.42 Å². The van der Waals surface area contributed by atoms with Crippen LogP contribution in [0.1, 0.15) is 57.8 Å². The number of urea groups is 1. The highest BCUT2D eigenvalue weighted by Gasteiger charge is 2.36. The van der Waals surface area contributed by atoms with E-state index in [9.17, 15) is 4.79 Å². The van der Waals surface area contributed by atoms with Crippen molar-refractivity contribution in [3.05, 3.63) is 0 Å². The molecule has 0 unspecified atom stereocenters. The summed E-state index contributed by atoms with van der Waals surface area (Å²) < 4.78 is 0. The van der Waals surface area contributed by atoms with Gasteiger partial charge in [-0.15, -0.1) is 0 Å². The molecule has 0 spiro atoms. The Bertz CT molecular complexity index is 369. The Hall–Kier alpha value is -0.810. The van der Waals surface area contributed by atoms with Crippen molar-refractivity contribution in [3.63, 3.8) is 0 Å². The third kappa shape index (κ3) is 4.83. The molecule has 0 aromatic heterocycles. The van der Waals surface area contributed by atoms with E-state index >= 15 is 0 Å². The Morgan fingerprint density at radius 1 is 1.04 bits per heavy atom. The molecule has 0 aromatic rings. The van der Waals surface area contributed by atoms with Crippen LogP contribution in [0, 0.1) is 0 Å². The highest BCUT2D eigenvalue weighted by atomic mass is 16.2. The van der Waals surface area contributed by atoms with Crippen molar-refractivity contribution >= 4 is 6.03 Å². The van der Waals surface area contributed by atoms with E-state index in [4.69, 9.17) is 0 Å². The molecule has 2 N–H and O–H groups in total. The first-order valence-electron chi connectivity index (χ1n) is 9.71. The van der Waals surface area contributed by atoms with Crippen LogP contribution in [0.25, 0.3) is 0 Å². The van der Waals surface area contributed by atoms with Gasteiger partial charge in [0.15, 0.2) is 0 Å². The predicted octanol–water partition coefficient (Wildman–Crippen LogP) is 2.18. The lowest BCUT2D eigenvalue weighted by molar-refractivity contribution is 0.0509. The van der Waals surface area contributed by atoms with E-state index in [0.29, 0.717) is 18.1 Å². The molecule has 2 atom stereocenters. The zero-order chi connectivity index (χ0) is 16.1. The largest absolute Gasteiger partial charge is 0.338 e. The summed E-state index contributed by atoms with van der Waals surface area (Å²) >= 11 is 0. The Balaban J connectivity index is 1.27. The lowest BCUT2D eigenvalue weighted by Gasteiger charge is -2.47. The van der Waals surface area contributed by atoms with Gasteiger partial charge in [-0.05, 0) is 78.0 Å². The molecule has 3 rings (SSSR count). The second kappa shape index (κ2) is 8.34. The van der Waals surface area contributed by atoms with Gasteiger partial charge in [-0.2, -0.15) is 0 Å². The number of rotatable bonds is 6. The summed E-state index contributed by atoms with van der Waals surface area (Å²) in [6, 6.07) is 1.76. The third-order valence-electron chi connectivity index (χ3n) is 6.06. The smallest absolute Gasteiger partial charge is 0.315 e. The molecule has 3 heterocycles. The summed E-state index contributed by atoms with van der Waals surface area (Å²) in [6.45, 7) is 4.54. The minimum Gasteiger partial charge on any atom is -0.338 e. The van der Waals surface area contributed by atoms with Crippen molar-refractivity contribution < 1.29 is 4.79 Å². The standard InChI is InChI=1S/C18H34N4O/c1-21-16-7-6-8-17(21)14-15(13-16)20-18(23)19-9-2-3-10-22-11-4-5-12-22/h15-17H,2-14H2,1H3,(H2,19,20,23)/t16-,17-/m0/s1. The number of piperidine rings is 2. The van der Waals surface area contributed by atoms with Gasteiger partial charge in [0.1, 0.15) is 0 Å². The van der Waals surface area contributed by atoms with Gasteiger partial charge in [0.25, 0.3) is 0 Å². The average molecular weight is 322 g/mol. The summed E-state index contributed by atoms with van der Waals surface area (Å²) in [5, 5.41) is 6.26. The molecule has 0 aliphatic carbocycles. The van der Waals surface area contributed by atoms with Gasteiger partial charge >= 0.3 is 6.03 Å². The molecular weight excluding hydrogens is 288 g/mol. The Labute approximate surface area is 141 Å². The number of hydrogen-bond donors (Lipinski definition) is 2. The monoisotopic (exact) mass is 322 g/mol. The number of fused-ring (bicyclic) bond motifs is 2. The Morgan fingerprint density at radius 2 is 1.74 bits per heavy atom. The maximum atomic E-state index is 12.1. The minimum atomic E-state index is 0.0406. The first-order chi connectivity index (χ1) is 11.2. The lowest BCUT2D eigenvalue weighted by Crippen LogP contribution is -2.56. The molecule has 5 heteroatoms. The quantitative estimate of drug-likeness (QED) is 0.737. The van der Waals surface area contributed by atoms with Crippen molar-refractivity contribution in [3.8, 4) is 0 Å². The van der Waals surface area contributed by atoms with Crippen LogP contribution in [-0.2, 0) is 0 Å². The number of nitrogens with one attached hydrogen (secondary N) is 2. The Morgan fingerprint density at radius 3 is 2.43 bits per heavy atom. The van der Waals surface area contributed by atoms with Crippen LogP contribution in [0.5, 0.6) is 0 Å². The number of amides is 2. The van der Waals surface area contributed by atoms with Crippen LogP contribution in [-0.4, -0.2) is 67.2 Å². The van der Waals surface area contributed by atoms with Gasteiger partial charge < -0.3 is 20.4 Å². The van der Waals surface area contributed by atoms with Crippen molar-refractivity contribution in [2.75, 3.05) is 33.2 Å². The highest BCUT2D eigenvalue weighted by molar-refractivity contribution is 5.74. The van der Waals surface area contributed by atoms with Crippen LogP contribution < -0.4 is 10.6 Å². The molecule has 3 saturated heterocycles. The normalized spacial score (nSPS) is 32.0. The predicted molar refractivity (Wildman–Crippen MR) is 93.7 cm³/mol. The van der Waals surface area contributed by atoms with Crippen LogP contribution in [0.3, 0.4) is 0 Å². The molecule has 0 aromatic carbocycles. The fourth-order valence-electron chi connectivity index (χ4n) is 4.64. The molecule has 23 heavy (non-hydrogen) atoms. The minimum absolute atomic E-state index is 0.0406. The zero-order valence-corrected chi connectivity index (χ0v) is 14.7. The zero-order valence-electron chi connectivity index (χ0n) is 14.7. The van der Waals surface area contributed by atoms with E-state index in [2.05, 4.69) is 27.5 Å². The highest BCUT2D eigenvalue weighted by Crippen LogP contribution is 2.32. The van der Waals surface area contributed by atoms with E-state index in [0.717, 1.165) is 25.8 Å². The SMILES string of the molecule is CN1[C@H]2CCC[C@H]1CC(NC(=O)NCCCCN1CCCC1)C2. The second-order valence-electron chi connectivity index (χ2n) is 7.73. The van der Waals surface area contributed by atoms with Crippen molar-refractivity contribution in [2.24, 2.45) is 0 Å². The number of hydrogen-bond acceptors (Lipinski definition) is 3. The summed E-state index contributed by atoms with van der Waals surface area (Å²) in [5.41, 5.74) is 0. The maximum absolute atomic E-state index is 12.1. The average Bonchev–Trinajstić information content (AvgIpc) is 3.01. The molecular formula is C18H34N4O. The molecule has 2 amide bonds. The molecule has 0 radical (unpaired) electrons. The number of carbonyl (C=O) groups excluding carboxylic acids is 1. The molecule has 2 bridgehead atoms. The third-order valence-corrected chi connectivity index (χ3v) is 6.06. The maximum Gasteiger partial charge on any atom is 0.315 e. The number of carbonyl (C=O) groups is 1. The summed E-state index contributed by atoms with van der Waals surface area (Å²) in [7, 11) is 2.26. The summed E-state index contributed by atoms with van der Waals surface area (Å²) in [6.07, 6.45) is 11.2. The van der Waals surface area contributed by atoms with E-state index in [1.54, 1.807) is 0 Å². The number of likely N-dealkylation sites (tertiary alicyclic amines) is 1. The van der Waals surface area contributed by atoms with E-state index in [1.165, 1.54) is 58.2 Å². The summed E-state index contributed by atoms with van der Waals surface area (Å²) in [5.74, 6) is 0. The molecule has 3 aliphatic heterocycles. The van der Waals surface area contributed by atoms with Gasteiger partial charge in [-0.3, -0.25) is 0 Å². The van der Waals surface area contributed by atoms with Crippen LogP contribution in [0.4, 0.5) is 4.79 Å². The van der Waals surface area contributed by atoms with Gasteiger partial charge in [-0.25, -0.2) is 4.79 Å². The van der Waals surface area contributed by atoms with Crippen molar-refractivity contribution in [2.45, 2.75) is 75.9 Å². The van der Waals surface area contributed by atoms with Gasteiger partial charge in [0.05, 0.1) is 0 Å². The van der Waals surface area contributed by atoms with Crippen LogP contribution >= 0.6 is 0 Å². The second-order valence-corrected chi connectivity index (χ2v) is 7.73. The Kier molecular flexibility index (Phi) is 6.17. The first-order valence-corrected chi connectivity index (χ1v) is 9.71. The van der Waals surface area contributed by atoms with Crippen LogP contribution in [0.2, 0.25) is 0 Å². The molecule has 0 saturated carbocycles. The van der Waals surface area contributed by atoms with E-state index < -0.39 is 0 Å². The fraction of sp³-hybridized carbons (Fsp3) is 0.944. The number of unbranched alkanes of at least 4 members (excludes halogenated alkanes) is 1. The van der Waals surface area contributed by atoms with E-state index in [1.807, 2.05) is 0 Å².